The maximum Gasteiger partial charge on any atom is 0.408 e. The first-order valence-electron chi connectivity index (χ1n) is 8.91. The van der Waals surface area contributed by atoms with Gasteiger partial charge in [-0.3, -0.25) is 4.79 Å². The lowest BCUT2D eigenvalue weighted by Crippen LogP contribution is -2.58. The Balaban J connectivity index is 2.18. The molecular formula is C18H32N2O5. The van der Waals surface area contributed by atoms with Gasteiger partial charge in [0.1, 0.15) is 17.7 Å². The summed E-state index contributed by atoms with van der Waals surface area (Å²) in [5.41, 5.74) is -1.14. The molecule has 2 heterocycles. The molecule has 0 radical (unpaired) electrons. The number of fused-ring (bicyclic) bond motifs is 1. The maximum absolute atomic E-state index is 13.2. The zero-order valence-electron chi connectivity index (χ0n) is 16.3. The lowest BCUT2D eigenvalue weighted by atomic mass is 9.85. The number of nitrogens with zero attached hydrogens (tertiary/aromatic N) is 1. The zero-order valence-corrected chi connectivity index (χ0v) is 16.3. The van der Waals surface area contributed by atoms with E-state index in [2.05, 4.69) is 5.32 Å². The lowest BCUT2D eigenvalue weighted by molar-refractivity contribution is -0.138. The molecule has 25 heavy (non-hydrogen) atoms. The fraction of sp³-hybridized carbons (Fsp3) is 0.889. The Morgan fingerprint density at radius 3 is 2.36 bits per heavy atom. The van der Waals surface area contributed by atoms with Crippen molar-refractivity contribution >= 4 is 12.0 Å². The van der Waals surface area contributed by atoms with E-state index in [1.54, 1.807) is 25.7 Å². The molecule has 2 fully saturated rings. The van der Waals surface area contributed by atoms with Crippen LogP contribution in [0.2, 0.25) is 0 Å². The van der Waals surface area contributed by atoms with Crippen molar-refractivity contribution in [3.63, 3.8) is 0 Å². The number of hydrogen-bond acceptors (Lipinski definition) is 5. The first-order valence-corrected chi connectivity index (χ1v) is 8.91. The van der Waals surface area contributed by atoms with Crippen LogP contribution >= 0.6 is 0 Å². The summed E-state index contributed by atoms with van der Waals surface area (Å²) in [4.78, 5) is 27.1. The third kappa shape index (κ3) is 4.44. The van der Waals surface area contributed by atoms with Crippen LogP contribution in [0.25, 0.3) is 0 Å². The van der Waals surface area contributed by atoms with Gasteiger partial charge in [-0.25, -0.2) is 4.79 Å². The molecule has 0 bridgehead atoms. The molecule has 0 aromatic heterocycles. The summed E-state index contributed by atoms with van der Waals surface area (Å²) in [6.45, 7) is 13.8. The molecule has 2 aliphatic heterocycles. The van der Waals surface area contributed by atoms with Gasteiger partial charge in [0.05, 0.1) is 18.8 Å². The van der Waals surface area contributed by atoms with E-state index in [0.717, 1.165) is 0 Å². The van der Waals surface area contributed by atoms with Crippen molar-refractivity contribution in [2.45, 2.75) is 78.4 Å². The Morgan fingerprint density at radius 1 is 1.24 bits per heavy atom. The third-order valence-corrected chi connectivity index (χ3v) is 4.65. The molecule has 2 N–H and O–H groups in total. The van der Waals surface area contributed by atoms with Crippen LogP contribution in [0.3, 0.4) is 0 Å². The van der Waals surface area contributed by atoms with Crippen molar-refractivity contribution in [1.29, 1.82) is 0 Å². The Bertz CT molecular complexity index is 523. The van der Waals surface area contributed by atoms with Gasteiger partial charge in [-0.1, -0.05) is 27.7 Å². The van der Waals surface area contributed by atoms with E-state index < -0.39 is 29.3 Å². The number of nitrogens with one attached hydrogen (secondary N) is 1. The molecule has 0 saturated carbocycles. The number of hydrogen-bond donors (Lipinski definition) is 2. The molecule has 0 unspecified atom stereocenters. The molecule has 0 aromatic carbocycles. The standard InChI is InChI=1S/C18H32N2O5/c1-10-8-20(12-11(21)9-24-13(10)12)15(22)14(17(2,3)4)19-16(23)25-18(5,6)7/h10-14,21H,8-9H2,1-7H3,(H,19,23)/t10-,11+,12-,13-,14-/m1/s1. The number of aliphatic hydroxyl groups excluding tert-OH is 1. The minimum Gasteiger partial charge on any atom is -0.444 e. The van der Waals surface area contributed by atoms with Gasteiger partial charge in [-0.2, -0.15) is 0 Å². The number of likely N-dealkylation sites (tertiary alicyclic amines) is 1. The average molecular weight is 356 g/mol. The largest absolute Gasteiger partial charge is 0.444 e. The van der Waals surface area contributed by atoms with Crippen LogP contribution in [0, 0.1) is 11.3 Å². The van der Waals surface area contributed by atoms with Crippen LogP contribution in [-0.2, 0) is 14.3 Å². The molecule has 2 aliphatic rings. The van der Waals surface area contributed by atoms with E-state index in [1.165, 1.54) is 0 Å². The van der Waals surface area contributed by atoms with Crippen LogP contribution < -0.4 is 5.32 Å². The van der Waals surface area contributed by atoms with Crippen LogP contribution in [-0.4, -0.2) is 65.1 Å². The van der Waals surface area contributed by atoms with Gasteiger partial charge in [0, 0.05) is 12.5 Å². The molecule has 7 heteroatoms. The topological polar surface area (TPSA) is 88.1 Å². The van der Waals surface area contributed by atoms with Gasteiger partial charge in [0.25, 0.3) is 0 Å². The first-order chi connectivity index (χ1) is 11.3. The summed E-state index contributed by atoms with van der Waals surface area (Å²) >= 11 is 0. The van der Waals surface area contributed by atoms with Gasteiger partial charge in [0.2, 0.25) is 5.91 Å². The van der Waals surface area contributed by atoms with Crippen molar-refractivity contribution in [1.82, 2.24) is 10.2 Å². The van der Waals surface area contributed by atoms with Gasteiger partial charge >= 0.3 is 6.09 Å². The number of rotatable bonds is 2. The molecule has 2 amide bonds. The van der Waals surface area contributed by atoms with E-state index in [4.69, 9.17) is 9.47 Å². The monoisotopic (exact) mass is 356 g/mol. The molecular weight excluding hydrogens is 324 g/mol. The highest BCUT2D eigenvalue weighted by atomic mass is 16.6. The molecule has 0 aliphatic carbocycles. The normalized spacial score (nSPS) is 30.8. The second-order valence-electron chi connectivity index (χ2n) is 9.27. The second-order valence-corrected chi connectivity index (χ2v) is 9.27. The number of carbonyl (C=O) groups is 2. The van der Waals surface area contributed by atoms with Crippen molar-refractivity contribution in [3.05, 3.63) is 0 Å². The Morgan fingerprint density at radius 2 is 1.84 bits per heavy atom. The number of ether oxygens (including phenoxy) is 2. The highest BCUT2D eigenvalue weighted by molar-refractivity contribution is 5.87. The van der Waals surface area contributed by atoms with Crippen molar-refractivity contribution in [2.75, 3.05) is 13.2 Å². The number of alkyl carbamates (subject to hydrolysis) is 1. The molecule has 2 rings (SSSR count). The fourth-order valence-electron chi connectivity index (χ4n) is 3.52. The van der Waals surface area contributed by atoms with Gasteiger partial charge < -0.3 is 24.8 Å². The van der Waals surface area contributed by atoms with Crippen molar-refractivity contribution < 1.29 is 24.2 Å². The summed E-state index contributed by atoms with van der Waals surface area (Å²) in [5.74, 6) is -0.0597. The number of amides is 2. The van der Waals surface area contributed by atoms with Crippen LogP contribution in [0.1, 0.15) is 48.5 Å². The summed E-state index contributed by atoms with van der Waals surface area (Å²) < 4.78 is 10.9. The maximum atomic E-state index is 13.2. The molecule has 0 spiro atoms. The van der Waals surface area contributed by atoms with E-state index in [1.807, 2.05) is 27.7 Å². The summed E-state index contributed by atoms with van der Waals surface area (Å²) in [7, 11) is 0. The average Bonchev–Trinajstić information content (AvgIpc) is 2.94. The Labute approximate surface area is 150 Å². The fourth-order valence-corrected chi connectivity index (χ4v) is 3.52. The summed E-state index contributed by atoms with van der Waals surface area (Å²) in [6, 6.07) is -1.10. The smallest absolute Gasteiger partial charge is 0.408 e. The molecule has 2 saturated heterocycles. The van der Waals surface area contributed by atoms with Gasteiger partial charge in [-0.15, -0.1) is 0 Å². The summed E-state index contributed by atoms with van der Waals surface area (Å²) in [5, 5.41) is 12.9. The van der Waals surface area contributed by atoms with Crippen LogP contribution in [0.15, 0.2) is 0 Å². The molecule has 5 atom stereocenters. The SMILES string of the molecule is C[C@@H]1CN(C(=O)[C@@H](NC(=O)OC(C)(C)C)C(C)(C)C)[C@H]2[C@@H]1OC[C@@H]2O. The minimum atomic E-state index is -0.749. The summed E-state index contributed by atoms with van der Waals surface area (Å²) in [6.07, 6.45) is -1.46. The second kappa shape index (κ2) is 6.76. The van der Waals surface area contributed by atoms with E-state index in [-0.39, 0.29) is 30.6 Å². The van der Waals surface area contributed by atoms with Gasteiger partial charge in [-0.05, 0) is 26.2 Å². The predicted octanol–water partition coefficient (Wildman–Crippen LogP) is 1.53. The molecule has 0 aromatic rings. The minimum absolute atomic E-state index is 0.147. The number of aliphatic hydroxyl groups is 1. The molecule has 144 valence electrons. The zero-order chi connectivity index (χ0) is 19.2. The quantitative estimate of drug-likeness (QED) is 0.783. The lowest BCUT2D eigenvalue weighted by Gasteiger charge is -2.36. The number of carbonyl (C=O) groups excluding carboxylic acids is 2. The Hall–Kier alpha value is -1.34. The van der Waals surface area contributed by atoms with E-state index in [0.29, 0.717) is 6.54 Å². The predicted molar refractivity (Wildman–Crippen MR) is 93.0 cm³/mol. The van der Waals surface area contributed by atoms with Gasteiger partial charge in [0.15, 0.2) is 0 Å². The van der Waals surface area contributed by atoms with Crippen LogP contribution in [0.5, 0.6) is 0 Å². The van der Waals surface area contributed by atoms with E-state index >= 15 is 0 Å². The first kappa shape index (κ1) is 20.0. The highest BCUT2D eigenvalue weighted by Gasteiger charge is 2.52. The van der Waals surface area contributed by atoms with Crippen LogP contribution in [0.4, 0.5) is 4.79 Å². The third-order valence-electron chi connectivity index (χ3n) is 4.65. The van der Waals surface area contributed by atoms with Crippen molar-refractivity contribution in [2.24, 2.45) is 11.3 Å². The van der Waals surface area contributed by atoms with E-state index in [9.17, 15) is 14.7 Å². The Kier molecular flexibility index (Phi) is 5.40. The van der Waals surface area contributed by atoms with Crippen molar-refractivity contribution in [3.8, 4) is 0 Å². The highest BCUT2D eigenvalue weighted by Crippen LogP contribution is 2.35. The molecule has 7 nitrogen and oxygen atoms in total.